The first-order chi connectivity index (χ1) is 21.5. The van der Waals surface area contributed by atoms with Gasteiger partial charge in [0.25, 0.3) is 0 Å². The van der Waals surface area contributed by atoms with Gasteiger partial charge in [-0.25, -0.2) is 0 Å². The van der Waals surface area contributed by atoms with Crippen LogP contribution in [0.25, 0.3) is 0 Å². The molecule has 0 aromatic heterocycles. The molecule has 3 unspecified atom stereocenters. The van der Waals surface area contributed by atoms with Gasteiger partial charge in [0.2, 0.25) is 0 Å². The van der Waals surface area contributed by atoms with E-state index in [2.05, 4.69) is 62.4 Å². The zero-order valence-electron chi connectivity index (χ0n) is 31.3. The third-order valence-corrected chi connectivity index (χ3v) is 9.19. The summed E-state index contributed by atoms with van der Waals surface area (Å²) in [6.07, 6.45) is 10.3. The Bertz CT molecular complexity index is 1230. The Morgan fingerprint density at radius 3 is 2.28 bits per heavy atom. The molecule has 1 aliphatic heterocycles. The van der Waals surface area contributed by atoms with E-state index < -0.39 is 31.9 Å². The molecule has 0 radical (unpaired) electrons. The Kier molecular flexibility index (Phi) is 7.75. The average Bonchev–Trinajstić information content (AvgIpc) is 2.98. The Labute approximate surface area is 248 Å². The van der Waals surface area contributed by atoms with Crippen LogP contribution in [-0.2, 0) is 11.2 Å². The van der Waals surface area contributed by atoms with Crippen LogP contribution in [0.2, 0.25) is 0 Å². The van der Waals surface area contributed by atoms with Gasteiger partial charge in [0, 0.05) is 25.9 Å². The van der Waals surface area contributed by atoms with Gasteiger partial charge in [0.1, 0.15) is 0 Å². The topological polar surface area (TPSA) is 35.9 Å². The molecule has 2 aromatic carbocycles. The molecule has 0 amide bonds. The first-order valence-corrected chi connectivity index (χ1v) is 14.9. The number of hydrogen-bond acceptors (Lipinski definition) is 4. The molecule has 39 heavy (non-hydrogen) atoms. The minimum atomic E-state index is -2.48. The van der Waals surface area contributed by atoms with E-state index in [4.69, 9.17) is 14.3 Å². The van der Waals surface area contributed by atoms with Gasteiger partial charge >= 0.3 is 0 Å². The molecule has 4 heteroatoms. The number of rotatable bonds is 6. The number of aryl methyl sites for hydroxylation is 2. The quantitative estimate of drug-likeness (QED) is 0.423. The molecule has 1 saturated heterocycles. The van der Waals surface area contributed by atoms with Crippen LogP contribution in [0.3, 0.4) is 0 Å². The summed E-state index contributed by atoms with van der Waals surface area (Å²) in [6.45, 7) is -0.855. The van der Waals surface area contributed by atoms with Crippen LogP contribution in [0.5, 0.6) is 0 Å². The maximum Gasteiger partial charge on any atom is 0.0995 e. The first kappa shape index (κ1) is 22.0. The molecule has 3 atom stereocenters. The molecule has 2 aromatic rings. The fraction of sp³-hybridized carbons (Fsp3) is 0.657. The minimum absolute atomic E-state index is 0.0263. The summed E-state index contributed by atoms with van der Waals surface area (Å²) < 4.78 is 60.2. The zero-order valence-corrected chi connectivity index (χ0v) is 24.3. The largest absolute Gasteiger partial charge is 0.389 e. The Balaban J connectivity index is 0.000000212. The highest BCUT2D eigenvalue weighted by Gasteiger charge is 2.43. The summed E-state index contributed by atoms with van der Waals surface area (Å²) in [5.74, 6) is 0.194. The van der Waals surface area contributed by atoms with E-state index in [-0.39, 0.29) is 18.4 Å². The highest BCUT2D eigenvalue weighted by Crippen LogP contribution is 2.43. The molecule has 0 bridgehead atoms. The smallest absolute Gasteiger partial charge is 0.0995 e. The third kappa shape index (κ3) is 8.16. The minimum Gasteiger partial charge on any atom is -0.389 e. The number of benzene rings is 2. The van der Waals surface area contributed by atoms with Crippen LogP contribution in [-0.4, -0.2) is 66.9 Å². The Morgan fingerprint density at radius 1 is 0.974 bits per heavy atom. The third-order valence-electron chi connectivity index (χ3n) is 9.19. The summed E-state index contributed by atoms with van der Waals surface area (Å²) in [5.41, 5.74) is 3.53. The zero-order chi connectivity index (χ0) is 33.8. The molecule has 5 rings (SSSR count). The normalized spacial score (nSPS) is 30.5. The van der Waals surface area contributed by atoms with Crippen molar-refractivity contribution in [2.24, 2.45) is 5.92 Å². The van der Waals surface area contributed by atoms with E-state index in [9.17, 15) is 5.11 Å². The second-order valence-electron chi connectivity index (χ2n) is 12.4. The van der Waals surface area contributed by atoms with Gasteiger partial charge in [-0.1, -0.05) is 91.8 Å². The molecule has 3 aliphatic rings. The van der Waals surface area contributed by atoms with Crippen molar-refractivity contribution in [2.75, 3.05) is 40.8 Å². The standard InChI is InChI=1S/C18H27NO.C17H27NO/c1-15-6-8-16(9-7-15)13-17-5-3-4-10-18(17)11-12-19(2)14-20-18;1-14-7-9-15(10-8-14)16(13-18(2)3)17(19)11-5-4-6-12-17/h6-9,17H,3-5,10-14H2,1-2H3;7-10,16,19H,4-6,11-13H2,1-3H3/i2D3,14D2;2D2. The van der Waals surface area contributed by atoms with E-state index in [1.807, 2.05) is 0 Å². The fourth-order valence-corrected chi connectivity index (χ4v) is 6.77. The van der Waals surface area contributed by atoms with Crippen molar-refractivity contribution < 1.29 is 19.4 Å². The van der Waals surface area contributed by atoms with Crippen LogP contribution >= 0.6 is 0 Å². The maximum absolute atomic E-state index is 11.1. The lowest BCUT2D eigenvalue weighted by molar-refractivity contribution is -0.174. The molecule has 4 nitrogen and oxygen atoms in total. The van der Waals surface area contributed by atoms with E-state index in [0.717, 1.165) is 68.3 Å². The monoisotopic (exact) mass is 541 g/mol. The van der Waals surface area contributed by atoms with Crippen molar-refractivity contribution in [3.63, 3.8) is 0 Å². The van der Waals surface area contributed by atoms with E-state index in [1.165, 1.54) is 23.1 Å². The lowest BCUT2D eigenvalue weighted by Crippen LogP contribution is -2.52. The van der Waals surface area contributed by atoms with E-state index in [0.29, 0.717) is 13.0 Å². The predicted octanol–water partition coefficient (Wildman–Crippen LogP) is 7.11. The molecule has 1 heterocycles. The summed E-state index contributed by atoms with van der Waals surface area (Å²) in [5, 5.41) is 11.1. The summed E-state index contributed by atoms with van der Waals surface area (Å²) >= 11 is 0. The van der Waals surface area contributed by atoms with Crippen molar-refractivity contribution in [3.05, 3.63) is 70.8 Å². The molecule has 2 saturated carbocycles. The molecule has 216 valence electrons. The summed E-state index contributed by atoms with van der Waals surface area (Å²) in [6, 6.07) is 16.8. The van der Waals surface area contributed by atoms with E-state index >= 15 is 0 Å². The van der Waals surface area contributed by atoms with Gasteiger partial charge < -0.3 is 14.7 Å². The van der Waals surface area contributed by atoms with E-state index in [1.54, 1.807) is 11.9 Å². The number of nitrogens with zero attached hydrogens (tertiary/aromatic N) is 2. The van der Waals surface area contributed by atoms with Crippen LogP contribution in [0.4, 0.5) is 0 Å². The van der Waals surface area contributed by atoms with Gasteiger partial charge in [-0.3, -0.25) is 4.90 Å². The van der Waals surface area contributed by atoms with Crippen LogP contribution < -0.4 is 0 Å². The fourth-order valence-electron chi connectivity index (χ4n) is 6.77. The van der Waals surface area contributed by atoms with Crippen LogP contribution in [0.1, 0.15) is 102 Å². The van der Waals surface area contributed by atoms with Crippen molar-refractivity contribution >= 4 is 0 Å². The average molecular weight is 542 g/mol. The molecule has 2 aliphatic carbocycles. The Hall–Kier alpha value is -1.72. The van der Waals surface area contributed by atoms with Gasteiger partial charge in [-0.2, -0.15) is 0 Å². The second kappa shape index (κ2) is 13.8. The number of likely N-dealkylation sites (N-methyl/N-ethyl adjacent to an activating group) is 1. The van der Waals surface area contributed by atoms with Crippen LogP contribution in [0.15, 0.2) is 48.5 Å². The van der Waals surface area contributed by atoms with Gasteiger partial charge in [-0.05, 0) is 90.4 Å². The van der Waals surface area contributed by atoms with Gasteiger partial charge in [-0.15, -0.1) is 0 Å². The number of hydrogen-bond donors (Lipinski definition) is 1. The van der Waals surface area contributed by atoms with Crippen molar-refractivity contribution in [1.29, 1.82) is 0 Å². The summed E-state index contributed by atoms with van der Waals surface area (Å²) in [4.78, 5) is 2.57. The van der Waals surface area contributed by atoms with Gasteiger partial charge in [0.05, 0.1) is 20.6 Å². The SMILES string of the molecule is [2H]C([2H])([2H])N1CCC2(CCCCC2Cc2ccc(C)cc2)OC1([2H])[2H].[2H]C([2H])N(C)CC(c1ccc(C)cc1)C1(O)CCCCC1. The second-order valence-corrected chi connectivity index (χ2v) is 12.4. The first-order valence-electron chi connectivity index (χ1n) is 18.6. The lowest BCUT2D eigenvalue weighted by Gasteiger charge is -2.48. The lowest BCUT2D eigenvalue weighted by atomic mass is 9.70. The molecule has 1 N–H and O–H groups in total. The Morgan fingerprint density at radius 2 is 1.64 bits per heavy atom. The van der Waals surface area contributed by atoms with Gasteiger partial charge in [0.15, 0.2) is 0 Å². The molecule has 3 fully saturated rings. The van der Waals surface area contributed by atoms with Crippen molar-refractivity contribution in [3.8, 4) is 0 Å². The highest BCUT2D eigenvalue weighted by molar-refractivity contribution is 5.28. The molecular formula is C35H54N2O2. The van der Waals surface area contributed by atoms with Crippen molar-refractivity contribution in [1.82, 2.24) is 9.80 Å². The predicted molar refractivity (Wildman–Crippen MR) is 163 cm³/mol. The number of aliphatic hydroxyl groups is 1. The highest BCUT2D eigenvalue weighted by atomic mass is 16.5. The summed E-state index contributed by atoms with van der Waals surface area (Å²) in [7, 11) is 1.79. The molecular weight excluding hydrogens is 480 g/mol. The molecule has 1 spiro atoms. The number of ether oxygens (including phenoxy) is 1. The maximum atomic E-state index is 11.1. The van der Waals surface area contributed by atoms with Crippen LogP contribution in [0, 0.1) is 19.8 Å². The van der Waals surface area contributed by atoms with Crippen molar-refractivity contribution in [2.45, 2.75) is 102 Å².